The molecule has 2 aromatic rings. The van der Waals surface area contributed by atoms with Crippen LogP contribution in [0.1, 0.15) is 48.4 Å². The number of amides is 3. The fourth-order valence-electron chi connectivity index (χ4n) is 4.02. The van der Waals surface area contributed by atoms with Crippen LogP contribution in [0.15, 0.2) is 29.6 Å². The molecule has 0 spiro atoms. The highest BCUT2D eigenvalue weighted by Crippen LogP contribution is 2.25. The molecule has 31 heavy (non-hydrogen) atoms. The summed E-state index contributed by atoms with van der Waals surface area (Å²) < 4.78 is 0. The zero-order chi connectivity index (χ0) is 22.2. The second kappa shape index (κ2) is 11.2. The second-order valence-corrected chi connectivity index (χ2v) is 9.10. The van der Waals surface area contributed by atoms with E-state index in [1.54, 1.807) is 11.3 Å². The maximum atomic E-state index is 12.7. The summed E-state index contributed by atoms with van der Waals surface area (Å²) in [6.45, 7) is 9.11. The van der Waals surface area contributed by atoms with E-state index < -0.39 is 0 Å². The summed E-state index contributed by atoms with van der Waals surface area (Å²) in [6, 6.07) is 7.78. The van der Waals surface area contributed by atoms with E-state index in [2.05, 4.69) is 32.8 Å². The lowest BCUT2D eigenvalue weighted by Gasteiger charge is -2.33. The number of pyridine rings is 1. The number of hydrogen-bond donors (Lipinski definition) is 3. The molecule has 3 heterocycles. The van der Waals surface area contributed by atoms with Gasteiger partial charge < -0.3 is 20.9 Å². The van der Waals surface area contributed by atoms with Gasteiger partial charge in [-0.2, -0.15) is 0 Å². The highest BCUT2D eigenvalue weighted by molar-refractivity contribution is 7.10. The van der Waals surface area contributed by atoms with Crippen LogP contribution >= 0.6 is 11.3 Å². The molecule has 0 bridgehead atoms. The number of aromatic nitrogens is 1. The Morgan fingerprint density at radius 1 is 1.23 bits per heavy atom. The molecule has 7 nitrogen and oxygen atoms in total. The van der Waals surface area contributed by atoms with Gasteiger partial charge in [0.2, 0.25) is 5.91 Å². The monoisotopic (exact) mass is 443 g/mol. The fraction of sp³-hybridized carbons (Fsp3) is 0.522. The SMILES string of the molecule is CCC(C(=O)NC1CCN(CCNC(=O)Nc2cc(C)nc(C)c2)CC1)c1cccs1. The number of nitrogens with one attached hydrogen (secondary N) is 3. The average molecular weight is 444 g/mol. The molecule has 0 saturated carbocycles. The number of carbonyl (C=O) groups is 2. The first kappa shape index (κ1) is 23.2. The van der Waals surface area contributed by atoms with Crippen molar-refractivity contribution in [1.82, 2.24) is 20.5 Å². The Morgan fingerprint density at radius 2 is 1.94 bits per heavy atom. The minimum Gasteiger partial charge on any atom is -0.353 e. The lowest BCUT2D eigenvalue weighted by Crippen LogP contribution is -2.47. The summed E-state index contributed by atoms with van der Waals surface area (Å²) in [5.41, 5.74) is 2.52. The largest absolute Gasteiger partial charge is 0.353 e. The van der Waals surface area contributed by atoms with Gasteiger partial charge in [0.15, 0.2) is 0 Å². The van der Waals surface area contributed by atoms with Gasteiger partial charge in [-0.1, -0.05) is 13.0 Å². The van der Waals surface area contributed by atoms with Gasteiger partial charge in [-0.3, -0.25) is 9.78 Å². The van der Waals surface area contributed by atoms with Crippen molar-refractivity contribution < 1.29 is 9.59 Å². The van der Waals surface area contributed by atoms with Crippen molar-refractivity contribution in [2.75, 3.05) is 31.5 Å². The number of likely N-dealkylation sites (tertiary alicyclic amines) is 1. The van der Waals surface area contributed by atoms with Gasteiger partial charge in [0.05, 0.1) is 5.92 Å². The Hall–Kier alpha value is -2.45. The van der Waals surface area contributed by atoms with Crippen molar-refractivity contribution in [1.29, 1.82) is 0 Å². The number of carbonyl (C=O) groups excluding carboxylic acids is 2. The van der Waals surface area contributed by atoms with Crippen molar-refractivity contribution in [3.63, 3.8) is 0 Å². The van der Waals surface area contributed by atoms with Crippen LogP contribution in [0.5, 0.6) is 0 Å². The van der Waals surface area contributed by atoms with Crippen LogP contribution < -0.4 is 16.0 Å². The molecule has 1 aliphatic heterocycles. The van der Waals surface area contributed by atoms with E-state index in [4.69, 9.17) is 0 Å². The molecule has 2 aromatic heterocycles. The molecule has 3 N–H and O–H groups in total. The lowest BCUT2D eigenvalue weighted by atomic mass is 10.0. The normalized spacial score (nSPS) is 16.0. The van der Waals surface area contributed by atoms with Crippen molar-refractivity contribution in [2.24, 2.45) is 0 Å². The predicted molar refractivity (Wildman–Crippen MR) is 126 cm³/mol. The van der Waals surface area contributed by atoms with Gasteiger partial charge in [0.1, 0.15) is 0 Å². The third kappa shape index (κ3) is 7.04. The van der Waals surface area contributed by atoms with E-state index in [1.165, 1.54) is 0 Å². The molecule has 0 aliphatic carbocycles. The van der Waals surface area contributed by atoms with E-state index >= 15 is 0 Å². The fourth-order valence-corrected chi connectivity index (χ4v) is 4.93. The highest BCUT2D eigenvalue weighted by Gasteiger charge is 2.25. The summed E-state index contributed by atoms with van der Waals surface area (Å²) in [7, 11) is 0. The zero-order valence-electron chi connectivity index (χ0n) is 18.6. The van der Waals surface area contributed by atoms with Crippen molar-refractivity contribution in [3.05, 3.63) is 45.9 Å². The number of anilines is 1. The van der Waals surface area contributed by atoms with E-state index in [0.29, 0.717) is 6.54 Å². The summed E-state index contributed by atoms with van der Waals surface area (Å²) in [5.74, 6) is 0.0945. The quantitative estimate of drug-likeness (QED) is 0.581. The number of rotatable bonds is 8. The molecular formula is C23H33N5O2S. The number of aryl methyl sites for hydroxylation is 2. The van der Waals surface area contributed by atoms with Crippen LogP contribution in [0.4, 0.5) is 10.5 Å². The Labute approximate surface area is 188 Å². The van der Waals surface area contributed by atoms with Crippen LogP contribution in [0.25, 0.3) is 0 Å². The number of thiophene rings is 1. The van der Waals surface area contributed by atoms with Crippen LogP contribution in [0.2, 0.25) is 0 Å². The second-order valence-electron chi connectivity index (χ2n) is 8.12. The van der Waals surface area contributed by atoms with E-state index in [0.717, 1.165) is 60.8 Å². The molecule has 1 saturated heterocycles. The maximum Gasteiger partial charge on any atom is 0.319 e. The van der Waals surface area contributed by atoms with Crippen LogP contribution in [0.3, 0.4) is 0 Å². The van der Waals surface area contributed by atoms with Crippen molar-refractivity contribution in [2.45, 2.75) is 52.0 Å². The molecule has 3 amide bonds. The van der Waals surface area contributed by atoms with Crippen molar-refractivity contribution in [3.8, 4) is 0 Å². The molecule has 168 valence electrons. The third-order valence-electron chi connectivity index (χ3n) is 5.60. The third-order valence-corrected chi connectivity index (χ3v) is 6.58. The first-order valence-corrected chi connectivity index (χ1v) is 11.9. The van der Waals surface area contributed by atoms with Crippen LogP contribution in [-0.2, 0) is 4.79 Å². The van der Waals surface area contributed by atoms with Crippen molar-refractivity contribution >= 4 is 29.0 Å². The Kier molecular flexibility index (Phi) is 8.43. The first-order valence-electron chi connectivity index (χ1n) is 11.0. The molecule has 1 aliphatic rings. The predicted octanol–water partition coefficient (Wildman–Crippen LogP) is 3.66. The maximum absolute atomic E-state index is 12.7. The van der Waals surface area contributed by atoms with Gasteiger partial charge in [0, 0.05) is 54.2 Å². The standard InChI is InChI=1S/C23H33N5O2S/c1-4-20(21-6-5-13-31-21)22(29)26-18-7-10-28(11-8-18)12-9-24-23(30)27-19-14-16(2)25-17(3)15-19/h5-6,13-15,18,20H,4,7-12H2,1-3H3,(H,26,29)(H2,24,25,27,30). The Balaban J connectivity index is 1.34. The molecule has 0 radical (unpaired) electrons. The Bertz CT molecular complexity index is 843. The summed E-state index contributed by atoms with van der Waals surface area (Å²) >= 11 is 1.65. The van der Waals surface area contributed by atoms with E-state index in [1.807, 2.05) is 43.5 Å². The highest BCUT2D eigenvalue weighted by atomic mass is 32.1. The minimum absolute atomic E-state index is 0.0475. The van der Waals surface area contributed by atoms with Gasteiger partial charge >= 0.3 is 6.03 Å². The van der Waals surface area contributed by atoms with Crippen LogP contribution in [0, 0.1) is 13.8 Å². The van der Waals surface area contributed by atoms with E-state index in [9.17, 15) is 9.59 Å². The van der Waals surface area contributed by atoms with E-state index in [-0.39, 0.29) is 23.9 Å². The number of piperidine rings is 1. The number of urea groups is 1. The lowest BCUT2D eigenvalue weighted by molar-refractivity contribution is -0.123. The number of nitrogens with zero attached hydrogens (tertiary/aromatic N) is 2. The average Bonchev–Trinajstić information content (AvgIpc) is 3.23. The summed E-state index contributed by atoms with van der Waals surface area (Å²) in [4.78, 5) is 32.6. The topological polar surface area (TPSA) is 86.4 Å². The number of hydrogen-bond acceptors (Lipinski definition) is 5. The molecule has 0 aromatic carbocycles. The van der Waals surface area contributed by atoms with Gasteiger partial charge in [-0.15, -0.1) is 11.3 Å². The van der Waals surface area contributed by atoms with Gasteiger partial charge in [-0.05, 0) is 56.7 Å². The van der Waals surface area contributed by atoms with Crippen LogP contribution in [-0.4, -0.2) is 54.0 Å². The molecule has 1 atom stereocenters. The Morgan fingerprint density at radius 3 is 2.55 bits per heavy atom. The van der Waals surface area contributed by atoms with Gasteiger partial charge in [-0.25, -0.2) is 4.79 Å². The molecular weight excluding hydrogens is 410 g/mol. The summed E-state index contributed by atoms with van der Waals surface area (Å²) in [5, 5.41) is 11.1. The zero-order valence-corrected chi connectivity index (χ0v) is 19.4. The molecule has 1 unspecified atom stereocenters. The molecule has 1 fully saturated rings. The minimum atomic E-state index is -0.202. The summed E-state index contributed by atoms with van der Waals surface area (Å²) in [6.07, 6.45) is 2.69. The first-order chi connectivity index (χ1) is 14.9. The molecule has 3 rings (SSSR count). The smallest absolute Gasteiger partial charge is 0.319 e. The molecule has 8 heteroatoms. The van der Waals surface area contributed by atoms with Gasteiger partial charge in [0.25, 0.3) is 0 Å².